The number of amides is 3. The molecule has 3 amide bonds. The second-order valence-electron chi connectivity index (χ2n) is 15.1. The van der Waals surface area contributed by atoms with E-state index >= 15 is 0 Å². The molecule has 4 atom stereocenters. The molecule has 2 N–H and O–H groups in total. The fraction of sp³-hybridized carbons (Fsp3) is 0.676. The van der Waals surface area contributed by atoms with Gasteiger partial charge in [0, 0.05) is 63.5 Å². The van der Waals surface area contributed by atoms with Crippen molar-refractivity contribution in [1.29, 1.82) is 0 Å². The molecule has 3 fully saturated rings. The highest BCUT2D eigenvalue weighted by molar-refractivity contribution is 5.92. The number of carbonyl (C=O) groups is 3. The number of aromatic nitrogens is 6. The quantitative estimate of drug-likeness (QED) is 0.299. The van der Waals surface area contributed by atoms with Gasteiger partial charge in [-0.05, 0) is 65.4 Å². The van der Waals surface area contributed by atoms with Crippen molar-refractivity contribution in [3.8, 4) is 0 Å². The standard InChI is InChI=1S/C34H44F5N9O4/c1-5-47-25(8-12-41-47)29(50)43-26(19-6-10-33(35,36)11-7-19)24-18-48-30(42-24)44-27(20-9-13-46(17-20)31(51)52-32(2,3)4)23(45-48)15-21-14-22(34(37,38)39)16-40-28(21)49/h8,12,18-22,26H,5-7,9-11,13-17H2,1-4H3,(H,40,49)(H,43,50)/t20?,21-,22-,26+/m1/s1. The lowest BCUT2D eigenvalue weighted by Crippen LogP contribution is -2.47. The van der Waals surface area contributed by atoms with Gasteiger partial charge in [-0.15, -0.1) is 0 Å². The Bertz CT molecular complexity index is 1790. The lowest BCUT2D eigenvalue weighted by atomic mass is 9.81. The molecule has 2 saturated heterocycles. The Hall–Kier alpha value is -4.38. The first-order valence-electron chi connectivity index (χ1n) is 17.7. The number of alkyl halides is 5. The first-order valence-corrected chi connectivity index (χ1v) is 17.7. The molecule has 0 bridgehead atoms. The lowest BCUT2D eigenvalue weighted by Gasteiger charge is -2.33. The number of piperidine rings is 1. The van der Waals surface area contributed by atoms with Crippen LogP contribution in [0.3, 0.4) is 0 Å². The average Bonchev–Trinajstić information content (AvgIpc) is 3.83. The van der Waals surface area contributed by atoms with Gasteiger partial charge in [-0.3, -0.25) is 14.3 Å². The van der Waals surface area contributed by atoms with E-state index in [-0.39, 0.29) is 55.8 Å². The maximum atomic E-state index is 14.2. The van der Waals surface area contributed by atoms with Crippen molar-refractivity contribution in [2.75, 3.05) is 19.6 Å². The number of imidazole rings is 1. The summed E-state index contributed by atoms with van der Waals surface area (Å²) in [6.45, 7) is 7.54. The van der Waals surface area contributed by atoms with E-state index in [0.717, 1.165) is 0 Å². The molecule has 3 aromatic rings. The van der Waals surface area contributed by atoms with Crippen molar-refractivity contribution >= 4 is 23.7 Å². The monoisotopic (exact) mass is 737 g/mol. The number of ether oxygens (including phenoxy) is 1. The fourth-order valence-corrected chi connectivity index (χ4v) is 7.36. The van der Waals surface area contributed by atoms with Crippen molar-refractivity contribution in [1.82, 2.24) is 44.9 Å². The fourth-order valence-electron chi connectivity index (χ4n) is 7.36. The number of fused-ring (bicyclic) bond motifs is 1. The van der Waals surface area contributed by atoms with Gasteiger partial charge in [-0.1, -0.05) is 0 Å². The zero-order valence-corrected chi connectivity index (χ0v) is 29.6. The molecule has 3 aliphatic rings. The van der Waals surface area contributed by atoms with Gasteiger partial charge in [0.05, 0.1) is 35.2 Å². The first-order chi connectivity index (χ1) is 24.4. The van der Waals surface area contributed by atoms with Gasteiger partial charge in [0.2, 0.25) is 11.8 Å². The second kappa shape index (κ2) is 14.2. The summed E-state index contributed by atoms with van der Waals surface area (Å²) in [5.74, 6) is -7.24. The summed E-state index contributed by atoms with van der Waals surface area (Å²) in [6.07, 6.45) is -2.58. The molecule has 0 aromatic carbocycles. The number of aryl methyl sites for hydroxylation is 1. The molecular formula is C34H44F5N9O4. The summed E-state index contributed by atoms with van der Waals surface area (Å²) in [4.78, 5) is 50.4. The van der Waals surface area contributed by atoms with Crippen molar-refractivity contribution in [3.05, 3.63) is 41.2 Å². The summed E-state index contributed by atoms with van der Waals surface area (Å²) in [5, 5.41) is 14.3. The SMILES string of the molecule is CCn1nccc1C(=O)N[C@H](c1cn2nc(C[C@H]3C[C@@H](C(F)(F)F)CNC3=O)c(C3CCN(C(=O)OC(C)(C)C)C3)nc2n1)C1CCC(F)(F)CC1. The molecule has 1 unspecified atom stereocenters. The zero-order valence-electron chi connectivity index (χ0n) is 29.6. The van der Waals surface area contributed by atoms with Gasteiger partial charge in [0.1, 0.15) is 11.3 Å². The maximum Gasteiger partial charge on any atom is 0.410 e. The Balaban J connectivity index is 1.36. The van der Waals surface area contributed by atoms with Crippen LogP contribution < -0.4 is 10.6 Å². The largest absolute Gasteiger partial charge is 0.444 e. The van der Waals surface area contributed by atoms with E-state index in [0.29, 0.717) is 30.9 Å². The molecule has 0 spiro atoms. The van der Waals surface area contributed by atoms with E-state index in [4.69, 9.17) is 19.8 Å². The smallest absolute Gasteiger partial charge is 0.410 e. The summed E-state index contributed by atoms with van der Waals surface area (Å²) < 4.78 is 78.1. The molecule has 0 radical (unpaired) electrons. The minimum absolute atomic E-state index is 0.115. The van der Waals surface area contributed by atoms with Crippen molar-refractivity contribution < 1.29 is 41.1 Å². The molecule has 1 saturated carbocycles. The van der Waals surface area contributed by atoms with Crippen LogP contribution in [0.4, 0.5) is 26.7 Å². The van der Waals surface area contributed by atoms with Crippen LogP contribution >= 0.6 is 0 Å². The summed E-state index contributed by atoms with van der Waals surface area (Å²) in [5.41, 5.74) is 0.549. The maximum absolute atomic E-state index is 14.2. The molecule has 13 nitrogen and oxygen atoms in total. The third-order valence-electron chi connectivity index (χ3n) is 10.1. The van der Waals surface area contributed by atoms with Gasteiger partial charge in [0.15, 0.2) is 0 Å². The molecule has 284 valence electrons. The second-order valence-corrected chi connectivity index (χ2v) is 15.1. The van der Waals surface area contributed by atoms with Crippen molar-refractivity contribution in [2.24, 2.45) is 17.8 Å². The molecule has 52 heavy (non-hydrogen) atoms. The number of nitrogens with zero attached hydrogens (tertiary/aromatic N) is 7. The van der Waals surface area contributed by atoms with E-state index in [1.54, 1.807) is 26.8 Å². The Labute approximate surface area is 297 Å². The first kappa shape index (κ1) is 37.4. The molecular weight excluding hydrogens is 693 g/mol. The molecule has 3 aromatic heterocycles. The minimum Gasteiger partial charge on any atom is -0.444 e. The van der Waals surface area contributed by atoms with Crippen molar-refractivity contribution in [3.63, 3.8) is 0 Å². The van der Waals surface area contributed by atoms with Crippen LogP contribution in [0.5, 0.6) is 0 Å². The number of nitrogens with one attached hydrogen (secondary N) is 2. The van der Waals surface area contributed by atoms with E-state index in [9.17, 15) is 36.3 Å². The van der Waals surface area contributed by atoms with Crippen LogP contribution in [0.2, 0.25) is 0 Å². The van der Waals surface area contributed by atoms with E-state index < -0.39 is 78.3 Å². The predicted octanol–water partition coefficient (Wildman–Crippen LogP) is 5.22. The molecule has 1 aliphatic carbocycles. The minimum atomic E-state index is -4.50. The summed E-state index contributed by atoms with van der Waals surface area (Å²) in [7, 11) is 0. The molecule has 2 aliphatic heterocycles. The third kappa shape index (κ3) is 8.30. The van der Waals surface area contributed by atoms with Crippen LogP contribution in [0.25, 0.3) is 5.78 Å². The van der Waals surface area contributed by atoms with Gasteiger partial charge < -0.3 is 20.3 Å². The predicted molar refractivity (Wildman–Crippen MR) is 175 cm³/mol. The van der Waals surface area contributed by atoms with Gasteiger partial charge in [-0.25, -0.2) is 28.1 Å². The number of likely N-dealkylation sites (tertiary alicyclic amines) is 1. The molecule has 6 rings (SSSR count). The Morgan fingerprint density at radius 3 is 2.54 bits per heavy atom. The Morgan fingerprint density at radius 2 is 1.87 bits per heavy atom. The highest BCUT2D eigenvalue weighted by Gasteiger charge is 2.45. The van der Waals surface area contributed by atoms with Crippen LogP contribution in [0.15, 0.2) is 18.5 Å². The van der Waals surface area contributed by atoms with Gasteiger partial charge >= 0.3 is 12.3 Å². The lowest BCUT2D eigenvalue weighted by molar-refractivity contribution is -0.183. The van der Waals surface area contributed by atoms with E-state index in [2.05, 4.69) is 15.7 Å². The highest BCUT2D eigenvalue weighted by atomic mass is 19.4. The topological polar surface area (TPSA) is 149 Å². The number of hydrogen-bond donors (Lipinski definition) is 2. The Kier molecular flexibility index (Phi) is 10.2. The van der Waals surface area contributed by atoms with E-state index in [1.807, 2.05) is 6.92 Å². The number of carbonyl (C=O) groups excluding carboxylic acids is 3. The normalized spacial score (nSPS) is 23.4. The third-order valence-corrected chi connectivity index (χ3v) is 10.1. The highest BCUT2D eigenvalue weighted by Crippen LogP contribution is 2.42. The van der Waals surface area contributed by atoms with E-state index in [1.165, 1.54) is 26.5 Å². The summed E-state index contributed by atoms with van der Waals surface area (Å²) >= 11 is 0. The zero-order chi connectivity index (χ0) is 37.6. The van der Waals surface area contributed by atoms with Crippen LogP contribution in [-0.2, 0) is 22.5 Å². The Morgan fingerprint density at radius 1 is 1.13 bits per heavy atom. The van der Waals surface area contributed by atoms with Crippen LogP contribution in [0, 0.1) is 17.8 Å². The number of hydrogen-bond acceptors (Lipinski definition) is 8. The van der Waals surface area contributed by atoms with Crippen molar-refractivity contribution in [2.45, 2.75) is 109 Å². The van der Waals surface area contributed by atoms with Gasteiger partial charge in [0.25, 0.3) is 11.7 Å². The number of rotatable bonds is 8. The molecule has 18 heteroatoms. The van der Waals surface area contributed by atoms with Crippen LogP contribution in [0.1, 0.15) is 106 Å². The summed E-state index contributed by atoms with van der Waals surface area (Å²) in [6, 6.07) is 0.758. The van der Waals surface area contributed by atoms with Crippen LogP contribution in [-0.4, -0.2) is 89.5 Å². The molecule has 5 heterocycles. The van der Waals surface area contributed by atoms with Gasteiger partial charge in [-0.2, -0.15) is 23.4 Å². The number of halogens is 5. The average molecular weight is 738 g/mol.